The number of hydrogen-bond acceptors (Lipinski definition) is 1. The number of hydrogen-bond donors (Lipinski definition) is 2. The van der Waals surface area contributed by atoms with Gasteiger partial charge in [-0.15, -0.1) is 0 Å². The van der Waals surface area contributed by atoms with Crippen molar-refractivity contribution in [2.75, 3.05) is 0 Å². The molecule has 1 aliphatic carbocycles. The lowest BCUT2D eigenvalue weighted by atomic mass is 9.85. The second-order valence-corrected chi connectivity index (χ2v) is 6.30. The molecule has 3 atom stereocenters. The summed E-state index contributed by atoms with van der Waals surface area (Å²) in [6, 6.07) is 6.69. The Labute approximate surface area is 134 Å². The summed E-state index contributed by atoms with van der Waals surface area (Å²) in [7, 11) is 0. The number of aryl methyl sites for hydroxylation is 1. The van der Waals surface area contributed by atoms with E-state index >= 15 is 0 Å². The van der Waals surface area contributed by atoms with E-state index in [1.807, 2.05) is 38.1 Å². The highest BCUT2D eigenvalue weighted by molar-refractivity contribution is 5.74. The van der Waals surface area contributed by atoms with Gasteiger partial charge in [0, 0.05) is 6.04 Å². The summed E-state index contributed by atoms with van der Waals surface area (Å²) in [5.74, 6) is -1.31. The Morgan fingerprint density at radius 1 is 1.26 bits per heavy atom. The summed E-state index contributed by atoms with van der Waals surface area (Å²) in [5.41, 5.74) is 2.06. The molecule has 0 spiro atoms. The zero-order valence-corrected chi connectivity index (χ0v) is 13.4. The van der Waals surface area contributed by atoms with Gasteiger partial charge in [-0.2, -0.15) is 13.2 Å². The smallest absolute Gasteiger partial charge is 0.335 e. The summed E-state index contributed by atoms with van der Waals surface area (Å²) in [4.78, 5) is 12.1. The van der Waals surface area contributed by atoms with Crippen molar-refractivity contribution in [2.24, 2.45) is 5.92 Å². The SMILES string of the molecule is Cc1ccccc1[C@H](C)NC(=O)N[C@H]1CCC[C@@H](C(F)(F)F)C1. The fourth-order valence-corrected chi connectivity index (χ4v) is 3.19. The maximum Gasteiger partial charge on any atom is 0.391 e. The van der Waals surface area contributed by atoms with E-state index in [4.69, 9.17) is 0 Å². The molecule has 0 aromatic heterocycles. The number of alkyl halides is 3. The molecule has 1 aromatic carbocycles. The van der Waals surface area contributed by atoms with Gasteiger partial charge in [0.1, 0.15) is 0 Å². The topological polar surface area (TPSA) is 41.1 Å². The van der Waals surface area contributed by atoms with Gasteiger partial charge >= 0.3 is 12.2 Å². The third kappa shape index (κ3) is 4.88. The van der Waals surface area contributed by atoms with Gasteiger partial charge in [-0.05, 0) is 44.2 Å². The molecule has 1 aromatic rings. The highest BCUT2D eigenvalue weighted by Gasteiger charge is 2.42. The van der Waals surface area contributed by atoms with Crippen LogP contribution in [0.25, 0.3) is 0 Å². The molecule has 2 rings (SSSR count). The molecular weight excluding hydrogens is 305 g/mol. The Morgan fingerprint density at radius 3 is 2.61 bits per heavy atom. The number of carbonyl (C=O) groups excluding carboxylic acids is 1. The average Bonchev–Trinajstić information content (AvgIpc) is 2.46. The van der Waals surface area contributed by atoms with Gasteiger partial charge in [0.25, 0.3) is 0 Å². The zero-order chi connectivity index (χ0) is 17.0. The van der Waals surface area contributed by atoms with Crippen molar-refractivity contribution in [1.29, 1.82) is 0 Å². The fraction of sp³-hybridized carbons (Fsp3) is 0.588. The third-order valence-corrected chi connectivity index (χ3v) is 4.47. The van der Waals surface area contributed by atoms with Crippen molar-refractivity contribution in [3.63, 3.8) is 0 Å². The first kappa shape index (κ1) is 17.6. The number of urea groups is 1. The molecule has 1 fully saturated rings. The first-order valence-electron chi connectivity index (χ1n) is 7.96. The molecule has 1 aliphatic rings. The van der Waals surface area contributed by atoms with Crippen LogP contribution >= 0.6 is 0 Å². The molecule has 128 valence electrons. The van der Waals surface area contributed by atoms with Crippen molar-refractivity contribution >= 4 is 6.03 Å². The van der Waals surface area contributed by atoms with Crippen molar-refractivity contribution < 1.29 is 18.0 Å². The Balaban J connectivity index is 1.88. The number of rotatable bonds is 3. The minimum Gasteiger partial charge on any atom is -0.335 e. The predicted molar refractivity (Wildman–Crippen MR) is 83.1 cm³/mol. The second kappa shape index (κ2) is 7.23. The largest absolute Gasteiger partial charge is 0.391 e. The van der Waals surface area contributed by atoms with Crippen LogP contribution in [0.2, 0.25) is 0 Å². The standard InChI is InChI=1S/C17H23F3N2O/c1-11-6-3-4-9-15(11)12(2)21-16(23)22-14-8-5-7-13(10-14)17(18,19)20/h3-4,6,9,12-14H,5,7-8,10H2,1-2H3,(H2,21,22,23)/t12-,13+,14-/m0/s1. The molecule has 3 nitrogen and oxygen atoms in total. The molecule has 1 saturated carbocycles. The number of nitrogens with one attached hydrogen (secondary N) is 2. The lowest BCUT2D eigenvalue weighted by molar-refractivity contribution is -0.183. The molecule has 0 radical (unpaired) electrons. The molecule has 0 aliphatic heterocycles. The normalized spacial score (nSPS) is 23.2. The van der Waals surface area contributed by atoms with Gasteiger partial charge in [0.2, 0.25) is 0 Å². The quantitative estimate of drug-likeness (QED) is 0.844. The van der Waals surface area contributed by atoms with Crippen LogP contribution < -0.4 is 10.6 Å². The van der Waals surface area contributed by atoms with Crippen LogP contribution in [0.1, 0.15) is 49.8 Å². The van der Waals surface area contributed by atoms with E-state index in [-0.39, 0.29) is 18.9 Å². The Bertz CT molecular complexity index is 545. The number of carbonyl (C=O) groups is 1. The van der Waals surface area contributed by atoms with E-state index in [2.05, 4.69) is 10.6 Å². The summed E-state index contributed by atoms with van der Waals surface area (Å²) in [6.07, 6.45) is -2.97. The van der Waals surface area contributed by atoms with Crippen LogP contribution in [0.4, 0.5) is 18.0 Å². The average molecular weight is 328 g/mol. The van der Waals surface area contributed by atoms with E-state index in [0.717, 1.165) is 11.1 Å². The lowest BCUT2D eigenvalue weighted by Gasteiger charge is -2.31. The van der Waals surface area contributed by atoms with Gasteiger partial charge in [-0.1, -0.05) is 30.7 Å². The van der Waals surface area contributed by atoms with Gasteiger partial charge in [0.15, 0.2) is 0 Å². The highest BCUT2D eigenvalue weighted by atomic mass is 19.4. The minimum absolute atomic E-state index is 0.0321. The van der Waals surface area contributed by atoms with E-state index in [9.17, 15) is 18.0 Å². The lowest BCUT2D eigenvalue weighted by Crippen LogP contribution is -2.46. The summed E-state index contributed by atoms with van der Waals surface area (Å²) in [6.45, 7) is 3.82. The fourth-order valence-electron chi connectivity index (χ4n) is 3.19. The minimum atomic E-state index is -4.18. The van der Waals surface area contributed by atoms with Crippen molar-refractivity contribution in [3.8, 4) is 0 Å². The van der Waals surface area contributed by atoms with Gasteiger partial charge in [-0.3, -0.25) is 0 Å². The molecule has 2 N–H and O–H groups in total. The second-order valence-electron chi connectivity index (χ2n) is 6.30. The van der Waals surface area contributed by atoms with Crippen LogP contribution in [-0.2, 0) is 0 Å². The van der Waals surface area contributed by atoms with E-state index in [0.29, 0.717) is 12.8 Å². The van der Waals surface area contributed by atoms with Crippen LogP contribution in [-0.4, -0.2) is 18.2 Å². The van der Waals surface area contributed by atoms with Crippen molar-refractivity contribution in [2.45, 2.75) is 57.8 Å². The number of benzene rings is 1. The maximum atomic E-state index is 12.8. The summed E-state index contributed by atoms with van der Waals surface area (Å²) < 4.78 is 38.4. The van der Waals surface area contributed by atoms with Gasteiger partial charge in [0.05, 0.1) is 12.0 Å². The molecule has 23 heavy (non-hydrogen) atoms. The highest BCUT2D eigenvalue weighted by Crippen LogP contribution is 2.37. The molecule has 0 heterocycles. The third-order valence-electron chi connectivity index (χ3n) is 4.47. The summed E-state index contributed by atoms with van der Waals surface area (Å²) in [5, 5.41) is 5.50. The first-order valence-corrected chi connectivity index (χ1v) is 7.96. The molecule has 6 heteroatoms. The van der Waals surface area contributed by atoms with E-state index in [1.54, 1.807) is 0 Å². The van der Waals surface area contributed by atoms with E-state index < -0.39 is 24.2 Å². The van der Waals surface area contributed by atoms with Crippen LogP contribution in [0.5, 0.6) is 0 Å². The molecule has 0 bridgehead atoms. The summed E-state index contributed by atoms with van der Waals surface area (Å²) >= 11 is 0. The van der Waals surface area contributed by atoms with Crippen LogP contribution in [0.15, 0.2) is 24.3 Å². The Morgan fingerprint density at radius 2 is 1.96 bits per heavy atom. The first-order chi connectivity index (χ1) is 10.8. The van der Waals surface area contributed by atoms with E-state index in [1.165, 1.54) is 0 Å². The molecule has 0 unspecified atom stereocenters. The molecular formula is C17H23F3N2O. The van der Waals surface area contributed by atoms with Crippen molar-refractivity contribution in [1.82, 2.24) is 10.6 Å². The zero-order valence-electron chi connectivity index (χ0n) is 13.4. The number of amides is 2. The Kier molecular flexibility index (Phi) is 5.55. The molecule has 2 amide bonds. The monoisotopic (exact) mass is 328 g/mol. The van der Waals surface area contributed by atoms with Gasteiger partial charge < -0.3 is 10.6 Å². The molecule has 0 saturated heterocycles. The van der Waals surface area contributed by atoms with Gasteiger partial charge in [-0.25, -0.2) is 4.79 Å². The Hall–Kier alpha value is -1.72. The maximum absolute atomic E-state index is 12.8. The van der Waals surface area contributed by atoms with Crippen LogP contribution in [0, 0.1) is 12.8 Å². The predicted octanol–water partition coefficient (Wildman–Crippen LogP) is 4.48. The number of halogens is 3. The van der Waals surface area contributed by atoms with Crippen LogP contribution in [0.3, 0.4) is 0 Å². The van der Waals surface area contributed by atoms with Crippen molar-refractivity contribution in [3.05, 3.63) is 35.4 Å².